The number of sulfonamides is 1. The highest BCUT2D eigenvalue weighted by molar-refractivity contribution is 7.89. The van der Waals surface area contributed by atoms with E-state index in [1.54, 1.807) is 12.1 Å². The van der Waals surface area contributed by atoms with Crippen LogP contribution in [-0.2, 0) is 10.0 Å². The maximum atomic E-state index is 11.6. The highest BCUT2D eigenvalue weighted by Crippen LogP contribution is 2.31. The van der Waals surface area contributed by atoms with Crippen LogP contribution in [0.2, 0.25) is 0 Å². The second kappa shape index (κ2) is 6.03. The van der Waals surface area contributed by atoms with Crippen LogP contribution in [0.3, 0.4) is 0 Å². The third-order valence-electron chi connectivity index (χ3n) is 3.79. The van der Waals surface area contributed by atoms with E-state index in [4.69, 9.17) is 5.14 Å². The van der Waals surface area contributed by atoms with Gasteiger partial charge in [0.25, 0.3) is 0 Å². The molecule has 0 radical (unpaired) electrons. The van der Waals surface area contributed by atoms with Crippen LogP contribution >= 0.6 is 0 Å². The Balaban J connectivity index is 2.16. The molecule has 0 unspecified atom stereocenters. The molecule has 106 valence electrons. The average Bonchev–Trinajstić information content (AvgIpc) is 2.39. The molecule has 1 heterocycles. The van der Waals surface area contributed by atoms with Gasteiger partial charge in [0.1, 0.15) is 0 Å². The molecule has 2 N–H and O–H groups in total. The van der Waals surface area contributed by atoms with Crippen molar-refractivity contribution in [2.75, 3.05) is 19.6 Å². The minimum absolute atomic E-state index is 0.295. The number of likely N-dealkylation sites (tertiary alicyclic amines) is 1. The molecule has 0 saturated carbocycles. The number of rotatable bonds is 4. The Bertz CT molecular complexity index is 520. The van der Waals surface area contributed by atoms with Crippen LogP contribution in [0.25, 0.3) is 0 Å². The average molecular weight is 282 g/mol. The summed E-state index contributed by atoms with van der Waals surface area (Å²) in [6, 6.07) is 7.14. The molecule has 4 nitrogen and oxygen atoms in total. The molecule has 0 bridgehead atoms. The lowest BCUT2D eigenvalue weighted by Gasteiger charge is -2.32. The first-order valence-electron chi connectivity index (χ1n) is 6.86. The lowest BCUT2D eigenvalue weighted by atomic mass is 9.89. The summed E-state index contributed by atoms with van der Waals surface area (Å²) < 4.78 is 23.3. The van der Waals surface area contributed by atoms with E-state index in [0.717, 1.165) is 38.0 Å². The lowest BCUT2D eigenvalue weighted by Crippen LogP contribution is -2.34. The maximum absolute atomic E-state index is 11.6. The van der Waals surface area contributed by atoms with Crippen LogP contribution < -0.4 is 5.14 Å². The van der Waals surface area contributed by atoms with Gasteiger partial charge in [-0.25, -0.2) is 13.6 Å². The Morgan fingerprint density at radius 3 is 2.47 bits per heavy atom. The second-order valence-electron chi connectivity index (χ2n) is 5.20. The summed E-state index contributed by atoms with van der Waals surface area (Å²) in [6.07, 6.45) is 3.18. The van der Waals surface area contributed by atoms with E-state index in [-0.39, 0.29) is 0 Å². The van der Waals surface area contributed by atoms with Gasteiger partial charge in [-0.2, -0.15) is 0 Å². The number of benzene rings is 1. The van der Waals surface area contributed by atoms with Gasteiger partial charge in [0.15, 0.2) is 0 Å². The lowest BCUT2D eigenvalue weighted by molar-refractivity contribution is 0.212. The molecule has 0 amide bonds. The Kier molecular flexibility index (Phi) is 4.60. The van der Waals surface area contributed by atoms with Gasteiger partial charge in [0.2, 0.25) is 10.0 Å². The number of primary sulfonamides is 1. The Morgan fingerprint density at radius 2 is 1.89 bits per heavy atom. The first-order valence-corrected chi connectivity index (χ1v) is 8.41. The van der Waals surface area contributed by atoms with Crippen molar-refractivity contribution in [1.29, 1.82) is 0 Å². The predicted molar refractivity (Wildman–Crippen MR) is 76.5 cm³/mol. The molecule has 1 saturated heterocycles. The van der Waals surface area contributed by atoms with E-state index in [0.29, 0.717) is 10.8 Å². The maximum Gasteiger partial charge on any atom is 0.238 e. The predicted octanol–water partition coefficient (Wildman–Crippen LogP) is 1.92. The standard InChI is InChI=1S/C14H22N2O2S/c1-2-9-16-10-7-12(8-11-16)13-5-3-4-6-14(13)19(15,17)18/h3-6,12H,2,7-11H2,1H3,(H2,15,17,18). The van der Waals surface area contributed by atoms with Crippen molar-refractivity contribution >= 4 is 10.0 Å². The minimum atomic E-state index is -3.62. The Labute approximate surface area is 115 Å². The Morgan fingerprint density at radius 1 is 1.26 bits per heavy atom. The molecule has 1 aromatic rings. The van der Waals surface area contributed by atoms with Crippen LogP contribution in [0, 0.1) is 0 Å². The van der Waals surface area contributed by atoms with Crippen molar-refractivity contribution in [2.24, 2.45) is 5.14 Å². The van der Waals surface area contributed by atoms with Gasteiger partial charge >= 0.3 is 0 Å². The van der Waals surface area contributed by atoms with Crippen LogP contribution in [0.5, 0.6) is 0 Å². The third-order valence-corrected chi connectivity index (χ3v) is 4.78. The van der Waals surface area contributed by atoms with Gasteiger partial charge in [0, 0.05) is 0 Å². The molecular formula is C14H22N2O2S. The summed E-state index contributed by atoms with van der Waals surface area (Å²) >= 11 is 0. The summed E-state index contributed by atoms with van der Waals surface area (Å²) in [7, 11) is -3.62. The van der Waals surface area contributed by atoms with E-state index >= 15 is 0 Å². The van der Waals surface area contributed by atoms with Crippen molar-refractivity contribution < 1.29 is 8.42 Å². The normalized spacial score (nSPS) is 18.6. The number of nitrogens with two attached hydrogens (primary N) is 1. The van der Waals surface area contributed by atoms with Gasteiger partial charge in [-0.3, -0.25) is 0 Å². The molecular weight excluding hydrogens is 260 g/mol. The van der Waals surface area contributed by atoms with Crippen molar-refractivity contribution in [1.82, 2.24) is 4.90 Å². The SMILES string of the molecule is CCCN1CCC(c2ccccc2S(N)(=O)=O)CC1. The summed E-state index contributed by atoms with van der Waals surface area (Å²) in [5.41, 5.74) is 0.890. The second-order valence-corrected chi connectivity index (χ2v) is 6.73. The molecule has 19 heavy (non-hydrogen) atoms. The van der Waals surface area contributed by atoms with Crippen molar-refractivity contribution in [3.63, 3.8) is 0 Å². The quantitative estimate of drug-likeness (QED) is 0.917. The van der Waals surface area contributed by atoms with E-state index in [1.165, 1.54) is 6.42 Å². The fourth-order valence-electron chi connectivity index (χ4n) is 2.86. The van der Waals surface area contributed by atoms with E-state index in [2.05, 4.69) is 11.8 Å². The van der Waals surface area contributed by atoms with Gasteiger partial charge in [-0.1, -0.05) is 25.1 Å². The van der Waals surface area contributed by atoms with Crippen LogP contribution in [0.4, 0.5) is 0 Å². The third kappa shape index (κ3) is 3.55. The number of hydrogen-bond acceptors (Lipinski definition) is 3. The molecule has 1 aromatic carbocycles. The fourth-order valence-corrected chi connectivity index (χ4v) is 3.69. The van der Waals surface area contributed by atoms with Crippen molar-refractivity contribution in [2.45, 2.75) is 37.0 Å². The highest BCUT2D eigenvalue weighted by atomic mass is 32.2. The van der Waals surface area contributed by atoms with Crippen molar-refractivity contribution in [3.05, 3.63) is 29.8 Å². The number of piperidine rings is 1. The molecule has 1 aliphatic rings. The van der Waals surface area contributed by atoms with Crippen LogP contribution in [-0.4, -0.2) is 33.0 Å². The van der Waals surface area contributed by atoms with Gasteiger partial charge in [0.05, 0.1) is 4.90 Å². The first kappa shape index (κ1) is 14.5. The zero-order chi connectivity index (χ0) is 13.9. The van der Waals surface area contributed by atoms with E-state index in [9.17, 15) is 8.42 Å². The Hall–Kier alpha value is -0.910. The fraction of sp³-hybridized carbons (Fsp3) is 0.571. The van der Waals surface area contributed by atoms with Crippen LogP contribution in [0.15, 0.2) is 29.2 Å². The van der Waals surface area contributed by atoms with E-state index in [1.807, 2.05) is 12.1 Å². The smallest absolute Gasteiger partial charge is 0.238 e. The minimum Gasteiger partial charge on any atom is -0.303 e. The summed E-state index contributed by atoms with van der Waals surface area (Å²) in [6.45, 7) is 5.39. The van der Waals surface area contributed by atoms with Gasteiger partial charge < -0.3 is 4.90 Å². The highest BCUT2D eigenvalue weighted by Gasteiger charge is 2.24. The zero-order valence-corrected chi connectivity index (χ0v) is 12.2. The molecule has 1 fully saturated rings. The molecule has 0 aliphatic carbocycles. The van der Waals surface area contributed by atoms with Crippen molar-refractivity contribution in [3.8, 4) is 0 Å². The monoisotopic (exact) mass is 282 g/mol. The molecule has 1 aliphatic heterocycles. The molecule has 0 atom stereocenters. The zero-order valence-electron chi connectivity index (χ0n) is 11.4. The first-order chi connectivity index (χ1) is 9.02. The van der Waals surface area contributed by atoms with Gasteiger partial charge in [-0.15, -0.1) is 0 Å². The topological polar surface area (TPSA) is 63.4 Å². The number of nitrogens with zero attached hydrogens (tertiary/aromatic N) is 1. The van der Waals surface area contributed by atoms with E-state index < -0.39 is 10.0 Å². The molecule has 5 heteroatoms. The van der Waals surface area contributed by atoms with Gasteiger partial charge in [-0.05, 0) is 56.4 Å². The molecule has 0 aromatic heterocycles. The van der Waals surface area contributed by atoms with Crippen LogP contribution in [0.1, 0.15) is 37.7 Å². The number of hydrogen-bond donors (Lipinski definition) is 1. The largest absolute Gasteiger partial charge is 0.303 e. The molecule has 2 rings (SSSR count). The summed E-state index contributed by atoms with van der Waals surface area (Å²) in [4.78, 5) is 2.74. The summed E-state index contributed by atoms with van der Waals surface area (Å²) in [5, 5.41) is 5.30. The summed E-state index contributed by atoms with van der Waals surface area (Å²) in [5.74, 6) is 0.308. The molecule has 0 spiro atoms.